The van der Waals surface area contributed by atoms with E-state index in [0.717, 1.165) is 18.9 Å². The molecule has 1 spiro atoms. The molecule has 3 aliphatic rings. The molecular weight excluding hydrogens is 482 g/mol. The number of amides is 2. The van der Waals surface area contributed by atoms with Crippen LogP contribution in [0.2, 0.25) is 0 Å². The van der Waals surface area contributed by atoms with Crippen LogP contribution >= 0.6 is 11.8 Å². The molecule has 1 aromatic rings. The third-order valence-electron chi connectivity index (χ3n) is 6.85. The Morgan fingerprint density at radius 1 is 1.17 bits per heavy atom. The summed E-state index contributed by atoms with van der Waals surface area (Å²) in [4.78, 5) is 23.9. The molecule has 0 aliphatic carbocycles. The van der Waals surface area contributed by atoms with Gasteiger partial charge in [-0.2, -0.15) is 4.42 Å². The first-order valence-electron chi connectivity index (χ1n) is 11.6. The summed E-state index contributed by atoms with van der Waals surface area (Å²) in [6.45, 7) is 4.50. The van der Waals surface area contributed by atoms with Gasteiger partial charge in [-0.15, -0.1) is 0 Å². The molecule has 3 aliphatic heterocycles. The molecule has 11 heteroatoms. The predicted octanol–water partition coefficient (Wildman–Crippen LogP) is 2.54. The molecule has 1 N–H and O–H groups in total. The Bertz CT molecular complexity index is 940. The van der Waals surface area contributed by atoms with Crippen molar-refractivity contribution < 1.29 is 43.1 Å². The molecule has 0 unspecified atom stereocenters. The van der Waals surface area contributed by atoms with Gasteiger partial charge in [0.1, 0.15) is 18.3 Å². The minimum atomic E-state index is -1.92. The van der Waals surface area contributed by atoms with E-state index < -0.39 is 47.0 Å². The average molecular weight is 514 g/mol. The molecule has 5 atom stereocenters. The first kappa shape index (κ1) is 26.3. The van der Waals surface area contributed by atoms with Gasteiger partial charge in [0.15, 0.2) is 17.5 Å². The van der Waals surface area contributed by atoms with E-state index in [9.17, 15) is 14.7 Å². The standard InChI is InChI=1S/C24H32ClNO9/c1-16(27)26(25)20(28)34-18-13-31-23(15-32-21(2,3)35-23)24(29,19(18)30-4)22(14-33-22)12-8-11-17-9-6-5-7-10-17/h5-7,9-10,18-19,29H,8,11-15H2,1-4H3/t18-,19-,22+,23+,24+/m1/s1. The van der Waals surface area contributed by atoms with Crippen molar-refractivity contribution in [2.45, 2.75) is 75.0 Å². The number of benzene rings is 1. The van der Waals surface area contributed by atoms with Gasteiger partial charge >= 0.3 is 6.09 Å². The number of aryl methyl sites for hydroxylation is 1. The van der Waals surface area contributed by atoms with Gasteiger partial charge in [-0.05, 0) is 38.7 Å². The van der Waals surface area contributed by atoms with E-state index in [1.165, 1.54) is 7.11 Å². The van der Waals surface area contributed by atoms with Gasteiger partial charge in [0.05, 0.1) is 13.2 Å². The Labute approximate surface area is 209 Å². The summed E-state index contributed by atoms with van der Waals surface area (Å²) < 4.78 is 35.5. The van der Waals surface area contributed by atoms with Gasteiger partial charge in [0.25, 0.3) is 0 Å². The van der Waals surface area contributed by atoms with E-state index in [-0.39, 0.29) is 19.8 Å². The smallest absolute Gasteiger partial charge is 0.432 e. The number of imide groups is 1. The average Bonchev–Trinajstić information content (AvgIpc) is 3.54. The van der Waals surface area contributed by atoms with Gasteiger partial charge in [-0.25, -0.2) is 4.79 Å². The number of halogens is 1. The monoisotopic (exact) mass is 513 g/mol. The Kier molecular flexibility index (Phi) is 7.20. The lowest BCUT2D eigenvalue weighted by molar-refractivity contribution is -0.392. The number of carbonyl (C=O) groups excluding carboxylic acids is 2. The molecule has 10 nitrogen and oxygen atoms in total. The van der Waals surface area contributed by atoms with Gasteiger partial charge < -0.3 is 33.5 Å². The zero-order valence-corrected chi connectivity index (χ0v) is 21.1. The first-order chi connectivity index (χ1) is 16.5. The van der Waals surface area contributed by atoms with Crippen LogP contribution in [0.25, 0.3) is 0 Å². The Balaban J connectivity index is 1.62. The van der Waals surface area contributed by atoms with E-state index in [4.69, 9.17) is 40.2 Å². The van der Waals surface area contributed by atoms with Crippen LogP contribution in [0.5, 0.6) is 0 Å². The number of aliphatic hydroxyl groups is 1. The van der Waals surface area contributed by atoms with Gasteiger partial charge in [0, 0.05) is 25.8 Å². The number of nitrogens with zero attached hydrogens (tertiary/aromatic N) is 1. The van der Waals surface area contributed by atoms with E-state index in [0.29, 0.717) is 17.3 Å². The number of ether oxygens (including phenoxy) is 6. The fourth-order valence-corrected chi connectivity index (χ4v) is 5.12. The predicted molar refractivity (Wildman–Crippen MR) is 122 cm³/mol. The Hall–Kier alpha value is -1.79. The summed E-state index contributed by atoms with van der Waals surface area (Å²) in [5, 5.41) is 12.4. The lowest BCUT2D eigenvalue weighted by Gasteiger charge is -2.54. The van der Waals surface area contributed by atoms with Crippen LogP contribution in [0.15, 0.2) is 30.3 Å². The third kappa shape index (κ3) is 4.69. The third-order valence-corrected chi connectivity index (χ3v) is 7.23. The maximum absolute atomic E-state index is 12.4. The fourth-order valence-electron chi connectivity index (χ4n) is 5.08. The zero-order chi connectivity index (χ0) is 25.5. The van der Waals surface area contributed by atoms with Crippen LogP contribution in [0, 0.1) is 0 Å². The lowest BCUT2D eigenvalue weighted by Crippen LogP contribution is -2.78. The molecule has 0 radical (unpaired) electrons. The minimum Gasteiger partial charge on any atom is -0.440 e. The van der Waals surface area contributed by atoms with Crippen molar-refractivity contribution in [1.82, 2.24) is 4.42 Å². The number of carbonyl (C=O) groups is 2. The number of hydrogen-bond donors (Lipinski definition) is 1. The van der Waals surface area contributed by atoms with E-state index in [1.807, 2.05) is 30.3 Å². The minimum absolute atomic E-state index is 0.0874. The van der Waals surface area contributed by atoms with E-state index in [2.05, 4.69) is 0 Å². The number of rotatable bonds is 7. The van der Waals surface area contributed by atoms with Crippen LogP contribution in [-0.2, 0) is 39.6 Å². The summed E-state index contributed by atoms with van der Waals surface area (Å²) in [6.07, 6.45) is -1.41. The molecule has 194 valence electrons. The van der Waals surface area contributed by atoms with E-state index in [1.54, 1.807) is 13.8 Å². The fraction of sp³-hybridized carbons (Fsp3) is 0.667. The maximum Gasteiger partial charge on any atom is 0.432 e. The highest BCUT2D eigenvalue weighted by Gasteiger charge is 2.79. The van der Waals surface area contributed by atoms with Crippen molar-refractivity contribution in [2.75, 3.05) is 26.9 Å². The molecule has 35 heavy (non-hydrogen) atoms. The zero-order valence-electron chi connectivity index (χ0n) is 20.3. The number of epoxide rings is 1. The molecule has 3 saturated heterocycles. The van der Waals surface area contributed by atoms with Crippen molar-refractivity contribution in [1.29, 1.82) is 0 Å². The van der Waals surface area contributed by atoms with Gasteiger partial charge in [-0.3, -0.25) is 4.79 Å². The molecule has 4 rings (SSSR count). The van der Waals surface area contributed by atoms with Crippen LogP contribution in [0.1, 0.15) is 39.2 Å². The summed E-state index contributed by atoms with van der Waals surface area (Å²) in [6, 6.07) is 9.99. The molecule has 1 aromatic carbocycles. The first-order valence-corrected chi connectivity index (χ1v) is 11.9. The van der Waals surface area contributed by atoms with Crippen molar-refractivity contribution in [3.63, 3.8) is 0 Å². The van der Waals surface area contributed by atoms with Gasteiger partial charge in [-0.1, -0.05) is 30.3 Å². The maximum atomic E-state index is 12.4. The molecular formula is C24H32ClNO9. The highest BCUT2D eigenvalue weighted by atomic mass is 35.5. The SMILES string of the molecule is CO[C@@H]1[C@H](OC(=O)N(Cl)C(C)=O)CO[C@]2(COC(C)(C)O2)[C@@]1(O)[C@]1(CCCc2ccccc2)CO1. The normalized spacial score (nSPS) is 35.6. The quantitative estimate of drug-likeness (QED) is 0.433. The summed E-state index contributed by atoms with van der Waals surface area (Å²) in [7, 11) is 1.39. The number of methoxy groups -OCH3 is 1. The lowest BCUT2D eigenvalue weighted by atomic mass is 9.70. The largest absolute Gasteiger partial charge is 0.440 e. The van der Waals surface area contributed by atoms with Crippen molar-refractivity contribution in [2.24, 2.45) is 0 Å². The van der Waals surface area contributed by atoms with Crippen LogP contribution < -0.4 is 0 Å². The Morgan fingerprint density at radius 3 is 2.40 bits per heavy atom. The highest BCUT2D eigenvalue weighted by Crippen LogP contribution is 2.57. The second kappa shape index (κ2) is 9.59. The summed E-state index contributed by atoms with van der Waals surface area (Å²) >= 11 is 5.73. The van der Waals surface area contributed by atoms with Crippen molar-refractivity contribution in [3.05, 3.63) is 35.9 Å². The topological polar surface area (TPSA) is 116 Å². The second-order valence-corrected chi connectivity index (χ2v) is 9.96. The highest BCUT2D eigenvalue weighted by molar-refractivity contribution is 6.28. The Morgan fingerprint density at radius 2 is 1.86 bits per heavy atom. The number of hydrogen-bond acceptors (Lipinski definition) is 9. The van der Waals surface area contributed by atoms with Gasteiger partial charge in [0.2, 0.25) is 11.7 Å². The van der Waals surface area contributed by atoms with Crippen LogP contribution in [0.4, 0.5) is 4.79 Å². The summed E-state index contributed by atoms with van der Waals surface area (Å²) in [5.74, 6) is -3.39. The van der Waals surface area contributed by atoms with Crippen LogP contribution in [-0.4, -0.2) is 83.4 Å². The molecule has 3 heterocycles. The molecule has 0 aromatic heterocycles. The molecule has 0 saturated carbocycles. The van der Waals surface area contributed by atoms with Crippen molar-refractivity contribution >= 4 is 23.8 Å². The molecule has 3 fully saturated rings. The second-order valence-electron chi connectivity index (χ2n) is 9.62. The molecule has 0 bridgehead atoms. The van der Waals surface area contributed by atoms with Crippen LogP contribution in [0.3, 0.4) is 0 Å². The van der Waals surface area contributed by atoms with Crippen molar-refractivity contribution in [3.8, 4) is 0 Å². The van der Waals surface area contributed by atoms with E-state index >= 15 is 0 Å². The molecule has 2 amide bonds. The summed E-state index contributed by atoms with van der Waals surface area (Å²) in [5.41, 5.74) is -1.86.